The van der Waals surface area contributed by atoms with Crippen molar-refractivity contribution in [3.63, 3.8) is 0 Å². The zero-order valence-corrected chi connectivity index (χ0v) is 11.3. The van der Waals surface area contributed by atoms with E-state index in [1.165, 1.54) is 0 Å². The summed E-state index contributed by atoms with van der Waals surface area (Å²) in [6, 6.07) is 3.76. The Labute approximate surface area is 106 Å². The molecule has 1 rings (SSSR count). The van der Waals surface area contributed by atoms with Crippen LogP contribution in [0.5, 0.6) is 5.75 Å². The Kier molecular flexibility index (Phi) is 4.04. The van der Waals surface area contributed by atoms with E-state index in [1.807, 2.05) is 32.9 Å². The van der Waals surface area contributed by atoms with Gasteiger partial charge in [-0.15, -0.1) is 0 Å². The third-order valence-corrected chi connectivity index (χ3v) is 3.20. The van der Waals surface area contributed by atoms with Crippen molar-refractivity contribution >= 4 is 17.6 Å². The molecule has 1 aromatic carbocycles. The molecule has 0 aliphatic heterocycles. The minimum atomic E-state index is -0.842. The van der Waals surface area contributed by atoms with Gasteiger partial charge in [-0.2, -0.15) is 0 Å². The van der Waals surface area contributed by atoms with Gasteiger partial charge in [0.2, 0.25) is 0 Å². The van der Waals surface area contributed by atoms with E-state index >= 15 is 0 Å². The predicted molar refractivity (Wildman–Crippen MR) is 68.0 cm³/mol. The van der Waals surface area contributed by atoms with Crippen LogP contribution in [0.4, 0.5) is 0 Å². The van der Waals surface area contributed by atoms with Gasteiger partial charge in [0.1, 0.15) is 5.75 Å². The van der Waals surface area contributed by atoms with Crippen molar-refractivity contribution in [3.8, 4) is 5.75 Å². The van der Waals surface area contributed by atoms with Crippen LogP contribution < -0.4 is 4.74 Å². The lowest BCUT2D eigenvalue weighted by Crippen LogP contribution is -2.22. The summed E-state index contributed by atoms with van der Waals surface area (Å²) in [6.45, 7) is 5.62. The van der Waals surface area contributed by atoms with Crippen LogP contribution >= 0.6 is 11.6 Å². The van der Waals surface area contributed by atoms with Gasteiger partial charge in [-0.25, -0.2) is 0 Å². The lowest BCUT2D eigenvalue weighted by molar-refractivity contribution is -0.138. The second-order valence-electron chi connectivity index (χ2n) is 4.73. The number of aryl methyl sites for hydroxylation is 1. The van der Waals surface area contributed by atoms with Gasteiger partial charge in [0, 0.05) is 5.41 Å². The topological polar surface area (TPSA) is 46.5 Å². The first kappa shape index (κ1) is 13.8. The van der Waals surface area contributed by atoms with Crippen LogP contribution in [0.15, 0.2) is 12.1 Å². The van der Waals surface area contributed by atoms with Crippen LogP contribution in [-0.2, 0) is 10.2 Å². The molecule has 3 nitrogen and oxygen atoms in total. The first-order valence-electron chi connectivity index (χ1n) is 5.35. The number of methoxy groups -OCH3 is 1. The Bertz CT molecular complexity index is 439. The quantitative estimate of drug-likeness (QED) is 0.898. The van der Waals surface area contributed by atoms with Gasteiger partial charge in [0.25, 0.3) is 0 Å². The third kappa shape index (κ3) is 2.91. The molecule has 0 bridgehead atoms. The van der Waals surface area contributed by atoms with Crippen molar-refractivity contribution in [1.29, 1.82) is 0 Å². The number of ether oxygens (including phenoxy) is 1. The molecule has 0 unspecified atom stereocenters. The Morgan fingerprint density at radius 2 is 2.06 bits per heavy atom. The smallest absolute Gasteiger partial charge is 0.304 e. The summed E-state index contributed by atoms with van der Waals surface area (Å²) in [6.07, 6.45) is 0.0267. The highest BCUT2D eigenvalue weighted by molar-refractivity contribution is 6.33. The van der Waals surface area contributed by atoms with Crippen molar-refractivity contribution in [2.45, 2.75) is 32.6 Å². The Morgan fingerprint density at radius 3 is 2.53 bits per heavy atom. The molecule has 17 heavy (non-hydrogen) atoms. The highest BCUT2D eigenvalue weighted by Crippen LogP contribution is 2.39. The molecule has 4 heteroatoms. The molecule has 0 aromatic heterocycles. The van der Waals surface area contributed by atoms with Crippen LogP contribution in [0.1, 0.15) is 31.4 Å². The maximum Gasteiger partial charge on any atom is 0.304 e. The molecular weight excluding hydrogens is 240 g/mol. The number of halogens is 1. The normalized spacial score (nSPS) is 11.4. The standard InChI is InChI=1S/C13H17ClO3/c1-8-5-6-9(11(14)12(8)17-4)13(2,3)7-10(15)16/h5-6H,7H2,1-4H3,(H,15,16). The van der Waals surface area contributed by atoms with Gasteiger partial charge in [-0.05, 0) is 18.1 Å². The van der Waals surface area contributed by atoms with Crippen molar-refractivity contribution in [2.75, 3.05) is 7.11 Å². The van der Waals surface area contributed by atoms with Crippen LogP contribution in [0.25, 0.3) is 0 Å². The van der Waals surface area contributed by atoms with Gasteiger partial charge in [-0.1, -0.05) is 37.6 Å². The van der Waals surface area contributed by atoms with Crippen molar-refractivity contribution < 1.29 is 14.6 Å². The number of carboxylic acid groups (broad SMARTS) is 1. The molecule has 1 N–H and O–H groups in total. The first-order chi connectivity index (χ1) is 7.79. The second kappa shape index (κ2) is 4.96. The molecule has 1 aromatic rings. The molecule has 0 fully saturated rings. The van der Waals surface area contributed by atoms with Gasteiger partial charge < -0.3 is 9.84 Å². The SMILES string of the molecule is COc1c(C)ccc(C(C)(C)CC(=O)O)c1Cl. The molecule has 0 atom stereocenters. The molecule has 0 spiro atoms. The number of carbonyl (C=O) groups is 1. The van der Waals surface area contributed by atoms with E-state index in [0.717, 1.165) is 11.1 Å². The van der Waals surface area contributed by atoms with E-state index in [0.29, 0.717) is 10.8 Å². The fourth-order valence-electron chi connectivity index (χ4n) is 1.90. The largest absolute Gasteiger partial charge is 0.495 e. The fraction of sp³-hybridized carbons (Fsp3) is 0.462. The summed E-state index contributed by atoms with van der Waals surface area (Å²) < 4.78 is 5.24. The average Bonchev–Trinajstić information content (AvgIpc) is 2.15. The Balaban J connectivity index is 3.27. The number of hydrogen-bond acceptors (Lipinski definition) is 2. The lowest BCUT2D eigenvalue weighted by Gasteiger charge is -2.25. The predicted octanol–water partition coefficient (Wildman–Crippen LogP) is 3.41. The van der Waals surface area contributed by atoms with E-state index in [4.69, 9.17) is 21.4 Å². The van der Waals surface area contributed by atoms with Crippen LogP contribution in [0, 0.1) is 6.92 Å². The number of carboxylic acids is 1. The maximum atomic E-state index is 10.8. The highest BCUT2D eigenvalue weighted by Gasteiger charge is 2.28. The molecule has 0 saturated carbocycles. The molecule has 0 aliphatic carbocycles. The van der Waals surface area contributed by atoms with Gasteiger partial charge in [0.05, 0.1) is 18.6 Å². The number of benzene rings is 1. The van der Waals surface area contributed by atoms with Crippen molar-refractivity contribution in [3.05, 3.63) is 28.3 Å². The molecule has 0 saturated heterocycles. The molecule has 0 heterocycles. The zero-order valence-electron chi connectivity index (χ0n) is 10.5. The van der Waals surface area contributed by atoms with E-state index in [2.05, 4.69) is 0 Å². The van der Waals surface area contributed by atoms with E-state index in [-0.39, 0.29) is 6.42 Å². The van der Waals surface area contributed by atoms with E-state index < -0.39 is 11.4 Å². The van der Waals surface area contributed by atoms with Crippen molar-refractivity contribution in [1.82, 2.24) is 0 Å². The van der Waals surface area contributed by atoms with Gasteiger partial charge >= 0.3 is 5.97 Å². The number of rotatable bonds is 4. The second-order valence-corrected chi connectivity index (χ2v) is 5.11. The maximum absolute atomic E-state index is 10.8. The molecular formula is C13H17ClO3. The van der Waals surface area contributed by atoms with Crippen molar-refractivity contribution in [2.24, 2.45) is 0 Å². The molecule has 94 valence electrons. The van der Waals surface area contributed by atoms with Crippen LogP contribution in [0.3, 0.4) is 0 Å². The highest BCUT2D eigenvalue weighted by atomic mass is 35.5. The molecule has 0 aliphatic rings. The summed E-state index contributed by atoms with van der Waals surface area (Å²) in [7, 11) is 1.56. The average molecular weight is 257 g/mol. The first-order valence-corrected chi connectivity index (χ1v) is 5.72. The third-order valence-electron chi connectivity index (χ3n) is 2.82. The Hall–Kier alpha value is -1.22. The minimum Gasteiger partial charge on any atom is -0.495 e. The van der Waals surface area contributed by atoms with E-state index in [9.17, 15) is 4.79 Å². The van der Waals surface area contributed by atoms with Gasteiger partial charge in [-0.3, -0.25) is 4.79 Å². The number of aliphatic carboxylic acids is 1. The summed E-state index contributed by atoms with van der Waals surface area (Å²) >= 11 is 6.26. The Morgan fingerprint density at radius 1 is 1.47 bits per heavy atom. The van der Waals surface area contributed by atoms with Gasteiger partial charge in [0.15, 0.2) is 0 Å². The monoisotopic (exact) mass is 256 g/mol. The van der Waals surface area contributed by atoms with E-state index in [1.54, 1.807) is 7.11 Å². The zero-order chi connectivity index (χ0) is 13.2. The number of hydrogen-bond donors (Lipinski definition) is 1. The summed E-state index contributed by atoms with van der Waals surface area (Å²) in [5, 5.41) is 9.41. The summed E-state index contributed by atoms with van der Waals surface area (Å²) in [4.78, 5) is 10.8. The summed E-state index contributed by atoms with van der Waals surface area (Å²) in [5.41, 5.74) is 1.21. The molecule has 0 radical (unpaired) electrons. The van der Waals surface area contributed by atoms with Crippen LogP contribution in [0.2, 0.25) is 5.02 Å². The minimum absolute atomic E-state index is 0.0267. The lowest BCUT2D eigenvalue weighted by atomic mass is 9.81. The van der Waals surface area contributed by atoms with Crippen LogP contribution in [-0.4, -0.2) is 18.2 Å². The molecule has 0 amide bonds. The fourth-order valence-corrected chi connectivity index (χ4v) is 2.44. The summed E-state index contributed by atoms with van der Waals surface area (Å²) in [5.74, 6) is -0.228.